The highest BCUT2D eigenvalue weighted by Gasteiger charge is 2.20. The number of rotatable bonds is 10. The summed E-state index contributed by atoms with van der Waals surface area (Å²) in [5.74, 6) is 0.286. The molecule has 0 spiro atoms. The second-order valence-corrected chi connectivity index (χ2v) is 7.63. The molecule has 2 aromatic carbocycles. The topological polar surface area (TPSA) is 57.1 Å². The van der Waals surface area contributed by atoms with Crippen LogP contribution in [0.15, 0.2) is 83.2 Å². The number of ether oxygens (including phenoxy) is 2. The molecular weight excluding hydrogens is 402 g/mol. The van der Waals surface area contributed by atoms with E-state index in [1.54, 1.807) is 0 Å². The van der Waals surface area contributed by atoms with Gasteiger partial charge < -0.3 is 14.3 Å². The number of esters is 1. The van der Waals surface area contributed by atoms with Crippen LogP contribution in [0.5, 0.6) is 0 Å². The quantitative estimate of drug-likeness (QED) is 0.202. The highest BCUT2D eigenvalue weighted by molar-refractivity contribution is 6.00. The Morgan fingerprint density at radius 3 is 2.44 bits per heavy atom. The molecule has 3 rings (SSSR count). The van der Waals surface area contributed by atoms with Crippen LogP contribution in [0.1, 0.15) is 38.7 Å². The van der Waals surface area contributed by atoms with E-state index in [4.69, 9.17) is 14.3 Å². The number of carbonyl (C=O) groups is 1. The van der Waals surface area contributed by atoms with Crippen molar-refractivity contribution in [1.82, 2.24) is 0 Å². The molecule has 5 heteroatoms. The molecule has 32 heavy (non-hydrogen) atoms. The van der Waals surface area contributed by atoms with Gasteiger partial charge in [-0.2, -0.15) is 0 Å². The highest BCUT2D eigenvalue weighted by Crippen LogP contribution is 2.25. The summed E-state index contributed by atoms with van der Waals surface area (Å²) < 4.78 is 10.6. The van der Waals surface area contributed by atoms with E-state index in [1.165, 1.54) is 18.2 Å². The van der Waals surface area contributed by atoms with Crippen molar-refractivity contribution >= 4 is 11.7 Å². The van der Waals surface area contributed by atoms with Crippen LogP contribution in [0, 0.1) is 5.92 Å². The summed E-state index contributed by atoms with van der Waals surface area (Å²) in [5.41, 5.74) is 5.34. The fourth-order valence-electron chi connectivity index (χ4n) is 3.59. The summed E-state index contributed by atoms with van der Waals surface area (Å²) in [6.45, 7) is 4.65. The van der Waals surface area contributed by atoms with Crippen molar-refractivity contribution < 1.29 is 19.1 Å². The number of benzene rings is 2. The monoisotopic (exact) mass is 433 g/mol. The summed E-state index contributed by atoms with van der Waals surface area (Å²) in [6, 6.07) is 18.7. The molecule has 0 fully saturated rings. The first-order valence-corrected chi connectivity index (χ1v) is 11.1. The van der Waals surface area contributed by atoms with Gasteiger partial charge in [0.25, 0.3) is 0 Å². The van der Waals surface area contributed by atoms with Gasteiger partial charge in [0.2, 0.25) is 0 Å². The molecule has 0 radical (unpaired) electrons. The van der Waals surface area contributed by atoms with E-state index in [0.29, 0.717) is 13.2 Å². The summed E-state index contributed by atoms with van der Waals surface area (Å²) in [7, 11) is 1.41. The fourth-order valence-corrected chi connectivity index (χ4v) is 3.59. The van der Waals surface area contributed by atoms with Crippen LogP contribution < -0.4 is 0 Å². The summed E-state index contributed by atoms with van der Waals surface area (Å²) in [6.07, 6.45) is 6.42. The Hall–Kier alpha value is -3.34. The molecule has 0 N–H and O–H groups in total. The minimum absolute atomic E-state index is 0.223. The lowest BCUT2D eigenvalue weighted by Gasteiger charge is -2.18. The van der Waals surface area contributed by atoms with Crippen LogP contribution >= 0.6 is 0 Å². The molecule has 5 nitrogen and oxygen atoms in total. The fraction of sp³-hybridized carbons (Fsp3) is 0.333. The standard InChI is InChI=1S/C27H31NO4/c1-4-26(23-15-13-22(14-16-23)21-9-6-5-7-10-21)28-32-18-17-31-25-12-8-11-24(19-25)20(2)27(29)30-3/h5-7,9-10,12-16,19-20H,4,8,11,17-18H2,1-3H3/b28-26+. The van der Waals surface area contributed by atoms with E-state index in [9.17, 15) is 4.79 Å². The van der Waals surface area contributed by atoms with Crippen molar-refractivity contribution in [2.24, 2.45) is 11.1 Å². The zero-order chi connectivity index (χ0) is 22.8. The number of nitrogens with zero attached hydrogens (tertiary/aromatic N) is 1. The molecule has 0 heterocycles. The van der Waals surface area contributed by atoms with Crippen molar-refractivity contribution in [3.63, 3.8) is 0 Å². The lowest BCUT2D eigenvalue weighted by Crippen LogP contribution is -2.16. The molecule has 0 bridgehead atoms. The molecule has 0 amide bonds. The van der Waals surface area contributed by atoms with Gasteiger partial charge in [0.1, 0.15) is 12.4 Å². The average Bonchev–Trinajstić information content (AvgIpc) is 2.86. The molecule has 1 atom stereocenters. The minimum Gasteiger partial charge on any atom is -0.490 e. The summed E-state index contributed by atoms with van der Waals surface area (Å²) >= 11 is 0. The Balaban J connectivity index is 1.50. The normalized spacial score (nSPS) is 14.8. The lowest BCUT2D eigenvalue weighted by molar-refractivity contribution is -0.143. The van der Waals surface area contributed by atoms with Gasteiger partial charge in [-0.05, 0) is 55.0 Å². The smallest absolute Gasteiger partial charge is 0.312 e. The zero-order valence-electron chi connectivity index (χ0n) is 19.0. The van der Waals surface area contributed by atoms with Gasteiger partial charge >= 0.3 is 5.97 Å². The molecule has 0 aromatic heterocycles. The van der Waals surface area contributed by atoms with E-state index in [2.05, 4.69) is 48.5 Å². The third-order valence-corrected chi connectivity index (χ3v) is 5.50. The Morgan fingerprint density at radius 1 is 1.03 bits per heavy atom. The Bertz CT molecular complexity index is 974. The maximum atomic E-state index is 11.8. The number of allylic oxidation sites excluding steroid dienone is 2. The predicted octanol–water partition coefficient (Wildman–Crippen LogP) is 5.91. The first-order valence-electron chi connectivity index (χ1n) is 11.1. The first-order chi connectivity index (χ1) is 15.6. The van der Waals surface area contributed by atoms with Gasteiger partial charge in [0.05, 0.1) is 18.7 Å². The van der Waals surface area contributed by atoms with Crippen molar-refractivity contribution in [2.45, 2.75) is 33.1 Å². The van der Waals surface area contributed by atoms with Crippen LogP contribution in [0.25, 0.3) is 11.1 Å². The van der Waals surface area contributed by atoms with Gasteiger partial charge in [-0.15, -0.1) is 0 Å². The molecule has 0 saturated carbocycles. The Morgan fingerprint density at radius 2 is 1.75 bits per heavy atom. The molecule has 1 aliphatic rings. The number of oxime groups is 1. The number of carbonyl (C=O) groups excluding carboxylic acids is 1. The molecule has 2 aromatic rings. The Labute approximate surface area is 190 Å². The molecule has 0 aliphatic heterocycles. The van der Waals surface area contributed by atoms with E-state index < -0.39 is 0 Å². The van der Waals surface area contributed by atoms with Gasteiger partial charge in [0, 0.05) is 0 Å². The predicted molar refractivity (Wildman–Crippen MR) is 127 cm³/mol. The second kappa shape index (κ2) is 11.9. The van der Waals surface area contributed by atoms with Crippen LogP contribution in [0.2, 0.25) is 0 Å². The molecule has 0 saturated heterocycles. The van der Waals surface area contributed by atoms with Gasteiger partial charge in [0.15, 0.2) is 6.61 Å². The maximum Gasteiger partial charge on any atom is 0.312 e. The van der Waals surface area contributed by atoms with Crippen molar-refractivity contribution in [3.05, 3.63) is 83.6 Å². The number of hydrogen-bond donors (Lipinski definition) is 0. The molecule has 1 aliphatic carbocycles. The third kappa shape index (κ3) is 6.33. The van der Waals surface area contributed by atoms with Crippen molar-refractivity contribution in [1.29, 1.82) is 0 Å². The molecule has 168 valence electrons. The van der Waals surface area contributed by atoms with Crippen molar-refractivity contribution in [3.8, 4) is 11.1 Å². The number of methoxy groups -OCH3 is 1. The van der Waals surface area contributed by atoms with E-state index in [0.717, 1.165) is 41.9 Å². The lowest BCUT2D eigenvalue weighted by atomic mass is 9.93. The summed E-state index contributed by atoms with van der Waals surface area (Å²) in [5, 5.41) is 4.32. The van der Waals surface area contributed by atoms with Crippen LogP contribution in [0.4, 0.5) is 0 Å². The SMILES string of the molecule is CC/C(=N\OCCOC1=CCCC(C(C)C(=O)OC)=C1)c1ccc(-c2ccccc2)cc1. The second-order valence-electron chi connectivity index (χ2n) is 7.63. The average molecular weight is 434 g/mol. The minimum atomic E-state index is -0.256. The van der Waals surface area contributed by atoms with Gasteiger partial charge in [-0.3, -0.25) is 4.79 Å². The van der Waals surface area contributed by atoms with Crippen LogP contribution in [-0.4, -0.2) is 32.0 Å². The van der Waals surface area contributed by atoms with Crippen LogP contribution in [0.3, 0.4) is 0 Å². The molecule has 1 unspecified atom stereocenters. The van der Waals surface area contributed by atoms with E-state index >= 15 is 0 Å². The number of hydrogen-bond acceptors (Lipinski definition) is 5. The van der Waals surface area contributed by atoms with E-state index in [1.807, 2.05) is 37.3 Å². The van der Waals surface area contributed by atoms with Gasteiger partial charge in [-0.25, -0.2) is 0 Å². The van der Waals surface area contributed by atoms with Crippen LogP contribution in [-0.2, 0) is 19.1 Å². The third-order valence-electron chi connectivity index (χ3n) is 5.50. The first kappa shape index (κ1) is 23.3. The van der Waals surface area contributed by atoms with E-state index in [-0.39, 0.29) is 11.9 Å². The highest BCUT2D eigenvalue weighted by atomic mass is 16.6. The summed E-state index contributed by atoms with van der Waals surface area (Å²) in [4.78, 5) is 17.3. The largest absolute Gasteiger partial charge is 0.490 e. The maximum absolute atomic E-state index is 11.8. The zero-order valence-corrected chi connectivity index (χ0v) is 19.0. The molecular formula is C27H31NO4. The van der Waals surface area contributed by atoms with Gasteiger partial charge in [-0.1, -0.05) is 72.2 Å². The Kier molecular flexibility index (Phi) is 8.67. The van der Waals surface area contributed by atoms with Crippen molar-refractivity contribution in [2.75, 3.05) is 20.3 Å².